The van der Waals surface area contributed by atoms with Gasteiger partial charge in [-0.3, -0.25) is 0 Å². The minimum absolute atomic E-state index is 0. The maximum atomic E-state index is 6.06. The summed E-state index contributed by atoms with van der Waals surface area (Å²) in [7, 11) is 3.21. The number of hydrogen-bond donors (Lipinski definition) is 0. The topological polar surface area (TPSA) is 36.9 Å². The number of fused-ring (bicyclic) bond motifs is 2. The second-order valence-corrected chi connectivity index (χ2v) is 8.38. The second-order valence-electron chi connectivity index (χ2n) is 6.67. The summed E-state index contributed by atoms with van der Waals surface area (Å²) >= 11 is 7.40. The van der Waals surface area contributed by atoms with Gasteiger partial charge in [-0.05, 0) is 65.5 Å². The van der Waals surface area contributed by atoms with E-state index in [1.165, 1.54) is 0 Å². The Balaban J connectivity index is 0.00000272. The lowest BCUT2D eigenvalue weighted by Gasteiger charge is -2.21. The van der Waals surface area contributed by atoms with E-state index in [4.69, 9.17) is 18.9 Å². The summed E-state index contributed by atoms with van der Waals surface area (Å²) in [6.45, 7) is 0.258. The van der Waals surface area contributed by atoms with Crippen LogP contribution in [0.15, 0.2) is 69.6 Å². The van der Waals surface area contributed by atoms with Crippen molar-refractivity contribution in [3.05, 3.63) is 69.6 Å². The molecule has 0 saturated heterocycles. The summed E-state index contributed by atoms with van der Waals surface area (Å²) in [6, 6.07) is 20.5. The molecule has 0 N–H and O–H groups in total. The molecule has 7 heteroatoms. The highest BCUT2D eigenvalue weighted by atomic mass is 79.9. The van der Waals surface area contributed by atoms with Crippen molar-refractivity contribution in [3.8, 4) is 22.6 Å². The second kappa shape index (κ2) is 10.7. The lowest BCUT2D eigenvalue weighted by molar-refractivity contribution is 0.0496. The third-order valence-electron chi connectivity index (χ3n) is 4.80. The molecule has 0 amide bonds. The number of hydrogen-bond acceptors (Lipinski definition) is 4. The zero-order valence-electron chi connectivity index (χ0n) is 17.1. The van der Waals surface area contributed by atoms with Crippen LogP contribution >= 0.6 is 45.4 Å². The van der Waals surface area contributed by atoms with Gasteiger partial charge in [0, 0.05) is 25.3 Å². The van der Waals surface area contributed by atoms with Gasteiger partial charge in [-0.15, -0.1) is 0 Å². The molecule has 0 fully saturated rings. The monoisotopic (exact) mass is 564 g/mol. The van der Waals surface area contributed by atoms with Gasteiger partial charge in [0.25, 0.3) is 0 Å². The summed E-state index contributed by atoms with van der Waals surface area (Å²) in [4.78, 5) is 0. The fourth-order valence-corrected chi connectivity index (χ4v) is 4.72. The van der Waals surface area contributed by atoms with E-state index in [0.29, 0.717) is 11.5 Å². The van der Waals surface area contributed by atoms with Gasteiger partial charge < -0.3 is 18.9 Å². The van der Waals surface area contributed by atoms with Crippen molar-refractivity contribution in [3.63, 3.8) is 0 Å². The number of rotatable bonds is 7. The van der Waals surface area contributed by atoms with Crippen molar-refractivity contribution in [2.24, 2.45) is 0 Å². The van der Waals surface area contributed by atoms with E-state index in [0.717, 1.165) is 41.6 Å². The molecule has 0 unspecified atom stereocenters. The molecule has 0 aliphatic carbocycles. The van der Waals surface area contributed by atoms with E-state index in [-0.39, 0.29) is 27.1 Å². The highest BCUT2D eigenvalue weighted by Crippen LogP contribution is 2.50. The van der Waals surface area contributed by atoms with Gasteiger partial charge in [-0.25, -0.2) is 0 Å². The number of halogens is 2. The predicted molar refractivity (Wildman–Crippen MR) is 138 cm³/mol. The smallest absolute Gasteiger partial charge is 0.188 e. The van der Waals surface area contributed by atoms with Gasteiger partial charge in [0.1, 0.15) is 11.5 Å². The quantitative estimate of drug-likeness (QED) is 0.221. The Morgan fingerprint density at radius 3 is 1.42 bits per heavy atom. The highest BCUT2D eigenvalue weighted by molar-refractivity contribution is 9.11. The zero-order valence-corrected chi connectivity index (χ0v) is 21.2. The standard InChI is InChI=1S/C24H20Br2O4.H2S/c1-27-13-29-23-19(25)11-15-7-3-5-9-17(15)21(23)22-18-10-6-4-8-16(18)12-20(26)24(22)30-14-28-2;/h3-12H,13-14H2,1-2H3;1H2. The first-order valence-corrected chi connectivity index (χ1v) is 10.9. The molecule has 0 saturated carbocycles. The average Bonchev–Trinajstić information content (AvgIpc) is 2.76. The van der Waals surface area contributed by atoms with Crippen molar-refractivity contribution in [2.75, 3.05) is 27.8 Å². The van der Waals surface area contributed by atoms with Crippen LogP contribution in [0, 0.1) is 0 Å². The Labute approximate surface area is 205 Å². The molecule has 0 aromatic heterocycles. The van der Waals surface area contributed by atoms with Gasteiger partial charge >= 0.3 is 0 Å². The zero-order chi connectivity index (χ0) is 21.1. The molecular formula is C24H22Br2O4S. The Morgan fingerprint density at radius 1 is 0.645 bits per heavy atom. The van der Waals surface area contributed by atoms with Crippen LogP contribution in [0.1, 0.15) is 0 Å². The Kier molecular flexibility index (Phi) is 8.24. The third kappa shape index (κ3) is 4.71. The van der Waals surface area contributed by atoms with Crippen LogP contribution in [0.5, 0.6) is 11.5 Å². The number of ether oxygens (including phenoxy) is 4. The SMILES string of the molecule is COCOc1c(Br)cc2ccccc2c1-c1c(OCOC)c(Br)cc2ccccc12.S. The molecule has 0 atom stereocenters. The molecule has 31 heavy (non-hydrogen) atoms. The molecule has 0 aliphatic heterocycles. The van der Waals surface area contributed by atoms with Crippen LogP contribution in [0.25, 0.3) is 32.7 Å². The van der Waals surface area contributed by atoms with Gasteiger partial charge in [0.05, 0.1) is 8.95 Å². The van der Waals surface area contributed by atoms with Gasteiger partial charge in [0.15, 0.2) is 13.6 Å². The van der Waals surface area contributed by atoms with Crippen LogP contribution in [-0.2, 0) is 9.47 Å². The Bertz CT molecular complexity index is 1120. The average molecular weight is 566 g/mol. The molecule has 4 aromatic rings. The molecule has 162 valence electrons. The van der Waals surface area contributed by atoms with Crippen molar-refractivity contribution >= 4 is 66.9 Å². The molecule has 0 aliphatic rings. The molecule has 0 bridgehead atoms. The number of methoxy groups -OCH3 is 2. The van der Waals surface area contributed by atoms with Gasteiger partial charge in [0.2, 0.25) is 0 Å². The number of benzene rings is 4. The van der Waals surface area contributed by atoms with E-state index in [9.17, 15) is 0 Å². The molecule has 4 nitrogen and oxygen atoms in total. The van der Waals surface area contributed by atoms with Gasteiger partial charge in [-0.1, -0.05) is 48.5 Å². The third-order valence-corrected chi connectivity index (χ3v) is 5.98. The molecule has 4 rings (SSSR count). The largest absolute Gasteiger partial charge is 0.466 e. The minimum Gasteiger partial charge on any atom is -0.466 e. The van der Waals surface area contributed by atoms with Crippen LogP contribution in [0.3, 0.4) is 0 Å². The molecule has 0 spiro atoms. The molecule has 0 heterocycles. The molecule has 0 radical (unpaired) electrons. The van der Waals surface area contributed by atoms with Crippen molar-refractivity contribution in [1.29, 1.82) is 0 Å². The first-order valence-electron chi connectivity index (χ1n) is 9.32. The highest BCUT2D eigenvalue weighted by Gasteiger charge is 2.23. The van der Waals surface area contributed by atoms with Crippen molar-refractivity contribution in [1.82, 2.24) is 0 Å². The van der Waals surface area contributed by atoms with Crippen LogP contribution in [0.2, 0.25) is 0 Å². The maximum Gasteiger partial charge on any atom is 0.188 e. The lowest BCUT2D eigenvalue weighted by atomic mass is 9.92. The van der Waals surface area contributed by atoms with Crippen LogP contribution < -0.4 is 9.47 Å². The predicted octanol–water partition coefficient (Wildman–Crippen LogP) is 7.26. The summed E-state index contributed by atoms with van der Waals surface area (Å²) in [5.41, 5.74) is 1.86. The van der Waals surface area contributed by atoms with Crippen LogP contribution in [-0.4, -0.2) is 27.8 Å². The summed E-state index contributed by atoms with van der Waals surface area (Å²) in [6.07, 6.45) is 0. The summed E-state index contributed by atoms with van der Waals surface area (Å²) in [5.74, 6) is 1.39. The van der Waals surface area contributed by atoms with Crippen molar-refractivity contribution < 1.29 is 18.9 Å². The van der Waals surface area contributed by atoms with Crippen molar-refractivity contribution in [2.45, 2.75) is 0 Å². The normalized spacial score (nSPS) is 10.8. The summed E-state index contributed by atoms with van der Waals surface area (Å²) in [5, 5.41) is 4.28. The van der Waals surface area contributed by atoms with E-state index in [1.807, 2.05) is 24.3 Å². The Morgan fingerprint density at radius 2 is 1.03 bits per heavy atom. The summed E-state index contributed by atoms with van der Waals surface area (Å²) < 4.78 is 24.2. The van der Waals surface area contributed by atoms with Gasteiger partial charge in [-0.2, -0.15) is 13.5 Å². The lowest BCUT2D eigenvalue weighted by Crippen LogP contribution is -2.05. The molecule has 4 aromatic carbocycles. The Hall–Kier alpha value is -1.77. The van der Waals surface area contributed by atoms with E-state index < -0.39 is 0 Å². The van der Waals surface area contributed by atoms with E-state index in [2.05, 4.69) is 68.3 Å². The minimum atomic E-state index is 0. The van der Waals surface area contributed by atoms with E-state index >= 15 is 0 Å². The molecular weight excluding hydrogens is 544 g/mol. The first-order chi connectivity index (χ1) is 14.7. The van der Waals surface area contributed by atoms with Crippen LogP contribution in [0.4, 0.5) is 0 Å². The maximum absolute atomic E-state index is 6.06. The van der Waals surface area contributed by atoms with E-state index in [1.54, 1.807) is 14.2 Å². The fourth-order valence-electron chi connectivity index (χ4n) is 3.60. The fraction of sp³-hybridized carbons (Fsp3) is 0.167. The first kappa shape index (κ1) is 23.9.